The topological polar surface area (TPSA) is 63.1 Å². The number of hydrogen-bond acceptors (Lipinski definition) is 3. The third-order valence-corrected chi connectivity index (χ3v) is 4.19. The maximum absolute atomic E-state index is 12.8. The lowest BCUT2D eigenvalue weighted by molar-refractivity contribution is -0.141. The van der Waals surface area contributed by atoms with Gasteiger partial charge in [-0.3, -0.25) is 4.98 Å². The number of halogens is 3. The molecule has 0 bridgehead atoms. The Morgan fingerprint density at radius 1 is 1.40 bits per heavy atom. The monoisotopic (exact) mass is 353 g/mol. The molecule has 3 heterocycles. The van der Waals surface area contributed by atoms with Crippen LogP contribution in [0.3, 0.4) is 0 Å². The Labute approximate surface area is 142 Å². The van der Waals surface area contributed by atoms with Crippen LogP contribution < -0.4 is 5.32 Å². The van der Waals surface area contributed by atoms with E-state index in [-0.39, 0.29) is 11.9 Å². The van der Waals surface area contributed by atoms with E-state index >= 15 is 0 Å². The lowest BCUT2D eigenvalue weighted by Crippen LogP contribution is -2.37. The highest BCUT2D eigenvalue weighted by molar-refractivity contribution is 5.88. The van der Waals surface area contributed by atoms with Crippen LogP contribution in [-0.4, -0.2) is 39.1 Å². The van der Waals surface area contributed by atoms with Crippen molar-refractivity contribution >= 4 is 11.7 Å². The van der Waals surface area contributed by atoms with Crippen LogP contribution in [0.15, 0.2) is 30.7 Å². The number of aryl methyl sites for hydroxylation is 1. The third kappa shape index (κ3) is 4.09. The number of nitrogens with zero attached hydrogens (tertiary/aromatic N) is 4. The molecule has 2 aromatic rings. The predicted molar refractivity (Wildman–Crippen MR) is 84.9 cm³/mol. The highest BCUT2D eigenvalue weighted by atomic mass is 19.4. The summed E-state index contributed by atoms with van der Waals surface area (Å²) in [6.07, 6.45) is 0.951. The Hall–Kier alpha value is -2.58. The number of urea groups is 1. The fourth-order valence-electron chi connectivity index (χ4n) is 2.92. The van der Waals surface area contributed by atoms with E-state index in [4.69, 9.17) is 0 Å². The molecule has 9 heteroatoms. The summed E-state index contributed by atoms with van der Waals surface area (Å²) in [5, 5.41) is 2.75. The Bertz CT molecular complexity index is 744. The number of aromatic nitrogens is 3. The van der Waals surface area contributed by atoms with Gasteiger partial charge in [0.2, 0.25) is 0 Å². The second-order valence-electron chi connectivity index (χ2n) is 6.14. The number of imidazole rings is 1. The van der Waals surface area contributed by atoms with Gasteiger partial charge < -0.3 is 14.8 Å². The summed E-state index contributed by atoms with van der Waals surface area (Å²) in [4.78, 5) is 21.3. The molecular weight excluding hydrogens is 335 g/mol. The van der Waals surface area contributed by atoms with Crippen LogP contribution >= 0.6 is 0 Å². The zero-order valence-corrected chi connectivity index (χ0v) is 13.6. The second-order valence-corrected chi connectivity index (χ2v) is 6.14. The number of alkyl halides is 3. The van der Waals surface area contributed by atoms with Gasteiger partial charge in [-0.1, -0.05) is 0 Å². The molecule has 1 aliphatic heterocycles. The maximum atomic E-state index is 12.8. The lowest BCUT2D eigenvalue weighted by Gasteiger charge is -2.28. The zero-order valence-electron chi connectivity index (χ0n) is 13.6. The fraction of sp³-hybridized carbons (Fsp3) is 0.438. The van der Waals surface area contributed by atoms with E-state index in [1.165, 1.54) is 4.90 Å². The normalized spacial score (nSPS) is 17.0. The number of carbonyl (C=O) groups is 1. The quantitative estimate of drug-likeness (QED) is 0.923. The Kier molecular flexibility index (Phi) is 4.65. The number of pyridine rings is 1. The minimum Gasteiger partial charge on any atom is -0.334 e. The van der Waals surface area contributed by atoms with Crippen molar-refractivity contribution in [2.75, 3.05) is 18.9 Å². The second kappa shape index (κ2) is 6.73. The third-order valence-electron chi connectivity index (χ3n) is 4.19. The van der Waals surface area contributed by atoms with E-state index < -0.39 is 11.9 Å². The van der Waals surface area contributed by atoms with Crippen molar-refractivity contribution in [2.24, 2.45) is 5.92 Å². The Morgan fingerprint density at radius 3 is 2.80 bits per heavy atom. The first kappa shape index (κ1) is 17.2. The van der Waals surface area contributed by atoms with Crippen LogP contribution in [0.4, 0.5) is 23.7 Å². The van der Waals surface area contributed by atoms with Crippen LogP contribution in [0, 0.1) is 5.92 Å². The van der Waals surface area contributed by atoms with Gasteiger partial charge in [0, 0.05) is 50.8 Å². The molecule has 1 unspecified atom stereocenters. The largest absolute Gasteiger partial charge is 0.434 e. The minimum absolute atomic E-state index is 0.0796. The van der Waals surface area contributed by atoms with Gasteiger partial charge in [-0.2, -0.15) is 13.2 Å². The van der Waals surface area contributed by atoms with Crippen LogP contribution in [0.1, 0.15) is 17.9 Å². The maximum Gasteiger partial charge on any atom is 0.434 e. The van der Waals surface area contributed by atoms with E-state index in [9.17, 15) is 18.0 Å². The van der Waals surface area contributed by atoms with Gasteiger partial charge in [-0.05, 0) is 24.5 Å². The summed E-state index contributed by atoms with van der Waals surface area (Å²) in [7, 11) is 1.67. The molecule has 0 radical (unpaired) electrons. The van der Waals surface area contributed by atoms with Gasteiger partial charge >= 0.3 is 12.2 Å². The average Bonchev–Trinajstić information content (AvgIpc) is 2.99. The van der Waals surface area contributed by atoms with Crippen molar-refractivity contribution in [3.8, 4) is 0 Å². The number of nitrogens with one attached hydrogen (secondary N) is 1. The smallest absolute Gasteiger partial charge is 0.334 e. The number of amides is 2. The SMILES string of the molecule is CN(CC1CCc2nc(C(F)(F)F)cn2C1)C(=O)Nc1ccncc1. The van der Waals surface area contributed by atoms with Crippen molar-refractivity contribution in [3.63, 3.8) is 0 Å². The van der Waals surface area contributed by atoms with Crippen LogP contribution in [0.25, 0.3) is 0 Å². The molecule has 3 rings (SSSR count). The van der Waals surface area contributed by atoms with Crippen molar-refractivity contribution in [1.82, 2.24) is 19.4 Å². The van der Waals surface area contributed by atoms with Crippen molar-refractivity contribution in [1.29, 1.82) is 0 Å². The molecule has 0 aliphatic carbocycles. The molecule has 134 valence electrons. The van der Waals surface area contributed by atoms with Gasteiger partial charge in [0.05, 0.1) is 0 Å². The number of anilines is 1. The highest BCUT2D eigenvalue weighted by Crippen LogP contribution is 2.30. The molecule has 1 aliphatic rings. The molecule has 6 nitrogen and oxygen atoms in total. The summed E-state index contributed by atoms with van der Waals surface area (Å²) in [5.41, 5.74) is -0.214. The summed E-state index contributed by atoms with van der Waals surface area (Å²) in [6.45, 7) is 0.876. The molecular formula is C16H18F3N5O. The summed E-state index contributed by atoms with van der Waals surface area (Å²) in [6, 6.07) is 3.10. The van der Waals surface area contributed by atoms with Gasteiger partial charge in [0.25, 0.3) is 0 Å². The highest BCUT2D eigenvalue weighted by Gasteiger charge is 2.35. The van der Waals surface area contributed by atoms with E-state index in [0.717, 1.165) is 6.20 Å². The molecule has 0 saturated carbocycles. The van der Waals surface area contributed by atoms with Crippen molar-refractivity contribution < 1.29 is 18.0 Å². The number of fused-ring (bicyclic) bond motifs is 1. The number of hydrogen-bond donors (Lipinski definition) is 1. The first-order valence-corrected chi connectivity index (χ1v) is 7.88. The predicted octanol–water partition coefficient (Wildman–Crippen LogP) is 3.02. The molecule has 1 atom stereocenters. The van der Waals surface area contributed by atoms with Crippen LogP contribution in [-0.2, 0) is 19.1 Å². The summed E-state index contributed by atoms with van der Waals surface area (Å²) in [5.74, 6) is 0.531. The van der Waals surface area contributed by atoms with Gasteiger partial charge in [-0.25, -0.2) is 9.78 Å². The molecule has 25 heavy (non-hydrogen) atoms. The van der Waals surface area contributed by atoms with Gasteiger partial charge in [-0.15, -0.1) is 0 Å². The lowest BCUT2D eigenvalue weighted by atomic mass is 9.99. The molecule has 2 aromatic heterocycles. The molecule has 0 saturated heterocycles. The van der Waals surface area contributed by atoms with E-state index in [1.54, 1.807) is 36.1 Å². The van der Waals surface area contributed by atoms with Gasteiger partial charge in [0.15, 0.2) is 5.69 Å². The van der Waals surface area contributed by atoms with E-state index in [1.807, 2.05) is 0 Å². The Balaban J connectivity index is 1.59. The van der Waals surface area contributed by atoms with Crippen LogP contribution in [0.2, 0.25) is 0 Å². The number of rotatable bonds is 3. The number of carbonyl (C=O) groups excluding carboxylic acids is 1. The molecule has 0 fully saturated rings. The van der Waals surface area contributed by atoms with Crippen LogP contribution in [0.5, 0.6) is 0 Å². The molecule has 1 N–H and O–H groups in total. The summed E-state index contributed by atoms with van der Waals surface area (Å²) < 4.78 is 39.8. The zero-order chi connectivity index (χ0) is 18.0. The van der Waals surface area contributed by atoms with Crippen molar-refractivity contribution in [2.45, 2.75) is 25.6 Å². The standard InChI is InChI=1S/C16H18F3N5O/c1-23(15(25)21-12-4-6-20-7-5-12)8-11-2-3-14-22-13(16(17,18)19)10-24(14)9-11/h4-7,10-11H,2-3,8-9H2,1H3,(H,20,21,25). The summed E-state index contributed by atoms with van der Waals surface area (Å²) >= 11 is 0. The minimum atomic E-state index is -4.43. The molecule has 0 spiro atoms. The molecule has 0 aromatic carbocycles. The molecule has 2 amide bonds. The van der Waals surface area contributed by atoms with E-state index in [2.05, 4.69) is 15.3 Å². The van der Waals surface area contributed by atoms with Crippen molar-refractivity contribution in [3.05, 3.63) is 42.2 Å². The first-order chi connectivity index (χ1) is 11.8. The average molecular weight is 353 g/mol. The van der Waals surface area contributed by atoms with E-state index in [0.29, 0.717) is 37.4 Å². The van der Waals surface area contributed by atoms with Gasteiger partial charge in [0.1, 0.15) is 5.82 Å². The Morgan fingerprint density at radius 2 is 2.12 bits per heavy atom. The first-order valence-electron chi connectivity index (χ1n) is 7.88. The fourth-order valence-corrected chi connectivity index (χ4v) is 2.92.